The minimum absolute atomic E-state index is 0.123. The molecule has 20 heavy (non-hydrogen) atoms. The Labute approximate surface area is 119 Å². The van der Waals surface area contributed by atoms with E-state index < -0.39 is 6.09 Å². The quantitative estimate of drug-likeness (QED) is 0.852. The molecule has 0 aromatic heterocycles. The van der Waals surface area contributed by atoms with Gasteiger partial charge in [0.2, 0.25) is 5.91 Å². The second-order valence-electron chi connectivity index (χ2n) is 5.37. The molecule has 1 aromatic rings. The minimum atomic E-state index is -0.511. The molecule has 1 unspecified atom stereocenters. The second-order valence-corrected chi connectivity index (χ2v) is 5.37. The van der Waals surface area contributed by atoms with E-state index in [-0.39, 0.29) is 18.4 Å². The van der Waals surface area contributed by atoms with Crippen LogP contribution in [-0.2, 0) is 16.0 Å². The van der Waals surface area contributed by atoms with E-state index in [1.54, 1.807) is 0 Å². The van der Waals surface area contributed by atoms with Gasteiger partial charge in [-0.05, 0) is 49.4 Å². The Morgan fingerprint density at radius 1 is 1.30 bits per heavy atom. The van der Waals surface area contributed by atoms with Crippen molar-refractivity contribution in [3.05, 3.63) is 34.4 Å². The summed E-state index contributed by atoms with van der Waals surface area (Å²) in [5, 5.41) is 0. The molecule has 0 radical (unpaired) electrons. The van der Waals surface area contributed by atoms with Gasteiger partial charge in [0.25, 0.3) is 0 Å². The molecule has 1 aromatic carbocycles. The summed E-state index contributed by atoms with van der Waals surface area (Å²) >= 11 is 0. The van der Waals surface area contributed by atoms with Gasteiger partial charge in [-0.2, -0.15) is 0 Å². The van der Waals surface area contributed by atoms with Crippen LogP contribution >= 0.6 is 0 Å². The Kier molecular flexibility index (Phi) is 4.12. The van der Waals surface area contributed by atoms with Crippen LogP contribution in [0, 0.1) is 20.8 Å². The summed E-state index contributed by atoms with van der Waals surface area (Å²) in [7, 11) is 0. The molecule has 1 heterocycles. The average Bonchev–Trinajstić information content (AvgIpc) is 2.80. The molecule has 1 saturated heterocycles. The molecular weight excluding hydrogens is 254 g/mol. The normalized spacial score (nSPS) is 18.3. The molecule has 1 aliphatic rings. The van der Waals surface area contributed by atoms with Gasteiger partial charge in [0.1, 0.15) is 6.61 Å². The summed E-state index contributed by atoms with van der Waals surface area (Å²) in [5.74, 6) is -0.175. The van der Waals surface area contributed by atoms with Gasteiger partial charge in [-0.25, -0.2) is 9.69 Å². The Morgan fingerprint density at radius 2 is 2.00 bits per heavy atom. The van der Waals surface area contributed by atoms with Crippen molar-refractivity contribution in [2.45, 2.75) is 46.6 Å². The number of cyclic esters (lactones) is 1. The van der Waals surface area contributed by atoms with Crippen molar-refractivity contribution in [2.24, 2.45) is 0 Å². The zero-order chi connectivity index (χ0) is 14.9. The minimum Gasteiger partial charge on any atom is -0.447 e. The van der Waals surface area contributed by atoms with E-state index in [4.69, 9.17) is 4.74 Å². The molecule has 0 spiro atoms. The van der Waals surface area contributed by atoms with E-state index in [0.29, 0.717) is 6.61 Å². The average molecular weight is 275 g/mol. The predicted octanol–water partition coefficient (Wildman–Crippen LogP) is 2.91. The fourth-order valence-electron chi connectivity index (χ4n) is 2.52. The molecule has 2 amide bonds. The van der Waals surface area contributed by atoms with E-state index in [1.807, 2.05) is 26.0 Å². The Balaban J connectivity index is 2.20. The highest BCUT2D eigenvalue weighted by Crippen LogP contribution is 2.21. The van der Waals surface area contributed by atoms with Gasteiger partial charge >= 0.3 is 6.09 Å². The van der Waals surface area contributed by atoms with Gasteiger partial charge < -0.3 is 4.74 Å². The lowest BCUT2D eigenvalue weighted by Gasteiger charge is -2.19. The van der Waals surface area contributed by atoms with E-state index in [0.717, 1.165) is 17.5 Å². The number of ether oxygens (including phenoxy) is 1. The number of nitrogens with zero attached hydrogens (tertiary/aromatic N) is 1. The molecule has 4 heteroatoms. The molecule has 2 rings (SSSR count). The summed E-state index contributed by atoms with van der Waals surface area (Å²) in [6.45, 7) is 8.39. The van der Waals surface area contributed by atoms with Gasteiger partial charge in [-0.15, -0.1) is 0 Å². The SMILES string of the molecule is CCC1COC(=O)N1C(=O)Cc1ccc(C)c(C)c1C. The number of imide groups is 1. The third kappa shape index (κ3) is 2.55. The van der Waals surface area contributed by atoms with Crippen molar-refractivity contribution >= 4 is 12.0 Å². The largest absolute Gasteiger partial charge is 0.447 e. The van der Waals surface area contributed by atoms with Crippen molar-refractivity contribution < 1.29 is 14.3 Å². The summed E-state index contributed by atoms with van der Waals surface area (Å²) in [6, 6.07) is 3.87. The predicted molar refractivity (Wildman–Crippen MR) is 76.6 cm³/mol. The zero-order valence-corrected chi connectivity index (χ0v) is 12.5. The Morgan fingerprint density at radius 3 is 2.65 bits per heavy atom. The first-order valence-electron chi connectivity index (χ1n) is 7.00. The van der Waals surface area contributed by atoms with Crippen LogP contribution in [0.15, 0.2) is 12.1 Å². The number of aryl methyl sites for hydroxylation is 1. The van der Waals surface area contributed by atoms with Crippen molar-refractivity contribution in [3.8, 4) is 0 Å². The summed E-state index contributed by atoms with van der Waals surface area (Å²) < 4.78 is 4.97. The van der Waals surface area contributed by atoms with Gasteiger partial charge in [0.15, 0.2) is 0 Å². The molecule has 4 nitrogen and oxygen atoms in total. The zero-order valence-electron chi connectivity index (χ0n) is 12.5. The topological polar surface area (TPSA) is 46.6 Å². The monoisotopic (exact) mass is 275 g/mol. The third-order valence-electron chi connectivity index (χ3n) is 4.21. The fourth-order valence-corrected chi connectivity index (χ4v) is 2.52. The van der Waals surface area contributed by atoms with E-state index in [9.17, 15) is 9.59 Å². The first-order valence-corrected chi connectivity index (χ1v) is 7.00. The highest BCUT2D eigenvalue weighted by molar-refractivity contribution is 5.94. The van der Waals surface area contributed by atoms with Crippen LogP contribution in [0.3, 0.4) is 0 Å². The number of hydrogen-bond donors (Lipinski definition) is 0. The summed E-state index contributed by atoms with van der Waals surface area (Å²) in [5.41, 5.74) is 4.52. The second kappa shape index (κ2) is 5.65. The first-order chi connectivity index (χ1) is 9.45. The Bertz CT molecular complexity index is 551. The molecule has 1 aliphatic heterocycles. The molecule has 0 N–H and O–H groups in total. The lowest BCUT2D eigenvalue weighted by molar-refractivity contribution is -0.128. The van der Waals surface area contributed by atoms with Crippen LogP contribution in [0.5, 0.6) is 0 Å². The summed E-state index contributed by atoms with van der Waals surface area (Å²) in [6.07, 6.45) is 0.463. The molecule has 108 valence electrons. The summed E-state index contributed by atoms with van der Waals surface area (Å²) in [4.78, 5) is 25.3. The lowest BCUT2D eigenvalue weighted by atomic mass is 9.96. The van der Waals surface area contributed by atoms with Crippen molar-refractivity contribution in [2.75, 3.05) is 6.61 Å². The number of carbonyl (C=O) groups excluding carboxylic acids is 2. The maximum Gasteiger partial charge on any atom is 0.416 e. The standard InChI is InChI=1S/C16H21NO3/c1-5-14-9-20-16(19)17(14)15(18)8-13-7-6-10(2)11(3)12(13)4/h6-7,14H,5,8-9H2,1-4H3. The van der Waals surface area contributed by atoms with E-state index in [2.05, 4.69) is 13.8 Å². The maximum absolute atomic E-state index is 12.4. The molecule has 1 atom stereocenters. The van der Waals surface area contributed by atoms with Gasteiger partial charge in [-0.3, -0.25) is 4.79 Å². The number of amides is 2. The molecule has 0 saturated carbocycles. The number of benzene rings is 1. The van der Waals surface area contributed by atoms with Crippen molar-refractivity contribution in [1.82, 2.24) is 4.90 Å². The smallest absolute Gasteiger partial charge is 0.416 e. The Hall–Kier alpha value is -1.84. The molecule has 1 fully saturated rings. The molecule has 0 bridgehead atoms. The highest BCUT2D eigenvalue weighted by Gasteiger charge is 2.36. The highest BCUT2D eigenvalue weighted by atomic mass is 16.6. The van der Waals surface area contributed by atoms with Crippen LogP contribution in [0.4, 0.5) is 4.79 Å². The van der Waals surface area contributed by atoms with Crippen LogP contribution < -0.4 is 0 Å². The van der Waals surface area contributed by atoms with Crippen LogP contribution in [0.2, 0.25) is 0 Å². The van der Waals surface area contributed by atoms with Crippen molar-refractivity contribution in [1.29, 1.82) is 0 Å². The number of hydrogen-bond acceptors (Lipinski definition) is 3. The van der Waals surface area contributed by atoms with Gasteiger partial charge in [0.05, 0.1) is 12.5 Å². The molecular formula is C16H21NO3. The number of rotatable bonds is 3. The maximum atomic E-state index is 12.4. The first kappa shape index (κ1) is 14.6. The number of carbonyl (C=O) groups is 2. The third-order valence-corrected chi connectivity index (χ3v) is 4.21. The van der Waals surface area contributed by atoms with Gasteiger partial charge in [0, 0.05) is 0 Å². The lowest BCUT2D eigenvalue weighted by Crippen LogP contribution is -2.39. The van der Waals surface area contributed by atoms with E-state index >= 15 is 0 Å². The van der Waals surface area contributed by atoms with E-state index in [1.165, 1.54) is 16.0 Å². The van der Waals surface area contributed by atoms with Crippen LogP contribution in [0.1, 0.15) is 35.6 Å². The fraction of sp³-hybridized carbons (Fsp3) is 0.500. The van der Waals surface area contributed by atoms with Crippen LogP contribution in [-0.4, -0.2) is 29.5 Å². The van der Waals surface area contributed by atoms with Crippen LogP contribution in [0.25, 0.3) is 0 Å². The molecule has 0 aliphatic carbocycles. The van der Waals surface area contributed by atoms with Crippen molar-refractivity contribution in [3.63, 3.8) is 0 Å². The van der Waals surface area contributed by atoms with Gasteiger partial charge in [-0.1, -0.05) is 19.1 Å².